The van der Waals surface area contributed by atoms with E-state index in [0.717, 1.165) is 18.4 Å². The van der Waals surface area contributed by atoms with Crippen molar-refractivity contribution in [3.8, 4) is 0 Å². The molecule has 0 amide bonds. The Hall–Kier alpha value is -1.72. The number of carbonyl (C=O) groups excluding carboxylic acids is 2. The first-order valence-electron chi connectivity index (χ1n) is 10.8. The van der Waals surface area contributed by atoms with Gasteiger partial charge in [-0.25, -0.2) is 0 Å². The summed E-state index contributed by atoms with van der Waals surface area (Å²) in [6.07, 6.45) is 2.76. The molecule has 29 heavy (non-hydrogen) atoms. The van der Waals surface area contributed by atoms with Crippen molar-refractivity contribution in [2.75, 3.05) is 7.11 Å². The molecule has 3 rings (SSSR count). The molecule has 0 aromatic heterocycles. The van der Waals surface area contributed by atoms with Gasteiger partial charge in [0.15, 0.2) is 5.79 Å². The van der Waals surface area contributed by atoms with Crippen molar-refractivity contribution in [3.63, 3.8) is 0 Å². The standard InChI is InChI=1S/C24H34O5/c1-7-15-9-14(3)10-16(8-2)17(15)11-20(25)18-12-21-22(29-24(4,5)28-21)13-19(18)23(26)27-6/h9-10,18-19,21-22H,7-8,11-13H2,1-6H3/t18-,19-,21?,22?/m1/s1. The summed E-state index contributed by atoms with van der Waals surface area (Å²) in [5.74, 6) is -1.80. The van der Waals surface area contributed by atoms with Gasteiger partial charge in [0.05, 0.1) is 25.2 Å². The maximum Gasteiger partial charge on any atom is 0.309 e. The number of fused-ring (bicyclic) bond motifs is 1. The van der Waals surface area contributed by atoms with Crippen LogP contribution in [0.5, 0.6) is 0 Å². The molecule has 1 aliphatic carbocycles. The van der Waals surface area contributed by atoms with Crippen molar-refractivity contribution in [2.24, 2.45) is 11.8 Å². The number of aryl methyl sites for hydroxylation is 3. The van der Waals surface area contributed by atoms with Crippen molar-refractivity contribution >= 4 is 11.8 Å². The first kappa shape index (κ1) is 22.0. The molecule has 1 heterocycles. The second-order valence-corrected chi connectivity index (χ2v) is 8.83. The molecule has 0 radical (unpaired) electrons. The maximum absolute atomic E-state index is 13.5. The molecule has 1 saturated heterocycles. The Balaban J connectivity index is 1.88. The lowest BCUT2D eigenvalue weighted by atomic mass is 9.73. The van der Waals surface area contributed by atoms with Crippen molar-refractivity contribution in [1.29, 1.82) is 0 Å². The molecule has 5 nitrogen and oxygen atoms in total. The molecule has 2 fully saturated rings. The fraction of sp³-hybridized carbons (Fsp3) is 0.667. The highest BCUT2D eigenvalue weighted by atomic mass is 16.8. The van der Waals surface area contributed by atoms with Crippen LogP contribution in [0.4, 0.5) is 0 Å². The topological polar surface area (TPSA) is 61.8 Å². The van der Waals surface area contributed by atoms with E-state index in [9.17, 15) is 9.59 Å². The molecule has 160 valence electrons. The summed E-state index contributed by atoms with van der Waals surface area (Å²) in [4.78, 5) is 26.0. The lowest BCUT2D eigenvalue weighted by molar-refractivity contribution is -0.154. The first-order valence-corrected chi connectivity index (χ1v) is 10.8. The van der Waals surface area contributed by atoms with Gasteiger partial charge in [-0.1, -0.05) is 31.5 Å². The van der Waals surface area contributed by atoms with Crippen molar-refractivity contribution < 1.29 is 23.8 Å². The van der Waals surface area contributed by atoms with Crippen LogP contribution in [-0.4, -0.2) is 36.9 Å². The van der Waals surface area contributed by atoms with Gasteiger partial charge in [-0.3, -0.25) is 9.59 Å². The third-order valence-electron chi connectivity index (χ3n) is 6.35. The minimum Gasteiger partial charge on any atom is -0.469 e. The fourth-order valence-electron chi connectivity index (χ4n) is 5.04. The second-order valence-electron chi connectivity index (χ2n) is 8.83. The van der Waals surface area contributed by atoms with Gasteiger partial charge < -0.3 is 14.2 Å². The number of carbonyl (C=O) groups is 2. The monoisotopic (exact) mass is 402 g/mol. The maximum atomic E-state index is 13.5. The summed E-state index contributed by atoms with van der Waals surface area (Å²) < 4.78 is 17.0. The number of rotatable bonds is 6. The molecule has 1 saturated carbocycles. The van der Waals surface area contributed by atoms with E-state index in [1.165, 1.54) is 23.8 Å². The number of hydrogen-bond acceptors (Lipinski definition) is 5. The number of ether oxygens (including phenoxy) is 3. The van der Waals surface area contributed by atoms with Gasteiger partial charge in [0.2, 0.25) is 0 Å². The molecule has 5 heteroatoms. The van der Waals surface area contributed by atoms with E-state index in [0.29, 0.717) is 19.3 Å². The Labute approximate surface area is 174 Å². The van der Waals surface area contributed by atoms with Crippen LogP contribution >= 0.6 is 0 Å². The lowest BCUT2D eigenvalue weighted by Crippen LogP contribution is -2.44. The average Bonchev–Trinajstić information content (AvgIpc) is 2.99. The third kappa shape index (κ3) is 4.56. The van der Waals surface area contributed by atoms with Crippen LogP contribution in [0.1, 0.15) is 62.8 Å². The Morgan fingerprint density at radius 3 is 2.03 bits per heavy atom. The highest BCUT2D eigenvalue weighted by Gasteiger charge is 2.51. The van der Waals surface area contributed by atoms with E-state index in [-0.39, 0.29) is 24.0 Å². The highest BCUT2D eigenvalue weighted by molar-refractivity contribution is 5.89. The van der Waals surface area contributed by atoms with Crippen LogP contribution in [0.3, 0.4) is 0 Å². The zero-order valence-electron chi connectivity index (χ0n) is 18.5. The number of Topliss-reactive ketones (excluding diaryl/α,β-unsaturated/α-hetero) is 1. The quantitative estimate of drug-likeness (QED) is 0.674. The largest absolute Gasteiger partial charge is 0.469 e. The van der Waals surface area contributed by atoms with Crippen LogP contribution in [-0.2, 0) is 43.1 Å². The molecule has 0 spiro atoms. The molecule has 1 aromatic carbocycles. The van der Waals surface area contributed by atoms with E-state index in [1.54, 1.807) is 0 Å². The fourth-order valence-corrected chi connectivity index (χ4v) is 5.04. The van der Waals surface area contributed by atoms with Crippen LogP contribution in [0.25, 0.3) is 0 Å². The predicted octanol–water partition coefficient (Wildman–Crippen LogP) is 3.95. The molecule has 1 aromatic rings. The molecule has 1 aliphatic heterocycles. The van der Waals surface area contributed by atoms with E-state index in [1.807, 2.05) is 13.8 Å². The Kier molecular flexibility index (Phi) is 6.49. The molecule has 0 N–H and O–H groups in total. The van der Waals surface area contributed by atoms with Gasteiger partial charge in [0, 0.05) is 12.3 Å². The summed E-state index contributed by atoms with van der Waals surface area (Å²) in [5.41, 5.74) is 4.79. The summed E-state index contributed by atoms with van der Waals surface area (Å²) in [6, 6.07) is 4.35. The van der Waals surface area contributed by atoms with E-state index >= 15 is 0 Å². The minimum absolute atomic E-state index is 0.0976. The normalized spacial score (nSPS) is 28.1. The second kappa shape index (κ2) is 8.57. The van der Waals surface area contributed by atoms with Crippen molar-refractivity contribution in [3.05, 3.63) is 34.4 Å². The molecule has 2 unspecified atom stereocenters. The summed E-state index contributed by atoms with van der Waals surface area (Å²) in [6.45, 7) is 10.1. The number of methoxy groups -OCH3 is 1. The molecular weight excluding hydrogens is 368 g/mol. The van der Waals surface area contributed by atoms with Crippen LogP contribution < -0.4 is 0 Å². The zero-order chi connectivity index (χ0) is 21.3. The number of ketones is 1. The first-order chi connectivity index (χ1) is 13.7. The summed E-state index contributed by atoms with van der Waals surface area (Å²) in [5, 5.41) is 0. The van der Waals surface area contributed by atoms with Gasteiger partial charge >= 0.3 is 5.97 Å². The van der Waals surface area contributed by atoms with Gasteiger partial charge in [-0.05, 0) is 63.1 Å². The van der Waals surface area contributed by atoms with Gasteiger partial charge in [0.1, 0.15) is 5.78 Å². The molecular formula is C24H34O5. The molecule has 2 aliphatic rings. The van der Waals surface area contributed by atoms with Gasteiger partial charge in [-0.2, -0.15) is 0 Å². The van der Waals surface area contributed by atoms with E-state index < -0.39 is 17.6 Å². The zero-order valence-corrected chi connectivity index (χ0v) is 18.5. The summed E-state index contributed by atoms with van der Waals surface area (Å²) in [7, 11) is 1.39. The molecule has 0 bridgehead atoms. The predicted molar refractivity (Wildman–Crippen MR) is 111 cm³/mol. The van der Waals surface area contributed by atoms with Crippen molar-refractivity contribution in [2.45, 2.75) is 84.7 Å². The number of hydrogen-bond donors (Lipinski definition) is 0. The molecule has 4 atom stereocenters. The van der Waals surface area contributed by atoms with E-state index in [4.69, 9.17) is 14.2 Å². The average molecular weight is 403 g/mol. The lowest BCUT2D eigenvalue weighted by Gasteiger charge is -2.34. The van der Waals surface area contributed by atoms with Crippen LogP contribution in [0.15, 0.2) is 12.1 Å². The summed E-state index contributed by atoms with van der Waals surface area (Å²) >= 11 is 0. The minimum atomic E-state index is -0.685. The van der Waals surface area contributed by atoms with Crippen LogP contribution in [0.2, 0.25) is 0 Å². The van der Waals surface area contributed by atoms with Gasteiger partial charge in [0.25, 0.3) is 0 Å². The van der Waals surface area contributed by atoms with Gasteiger partial charge in [-0.15, -0.1) is 0 Å². The highest BCUT2D eigenvalue weighted by Crippen LogP contribution is 2.43. The number of esters is 1. The Morgan fingerprint density at radius 1 is 1.03 bits per heavy atom. The number of benzene rings is 1. The third-order valence-corrected chi connectivity index (χ3v) is 6.35. The van der Waals surface area contributed by atoms with E-state index in [2.05, 4.69) is 32.9 Å². The van der Waals surface area contributed by atoms with Crippen molar-refractivity contribution in [1.82, 2.24) is 0 Å². The van der Waals surface area contributed by atoms with Crippen LogP contribution in [0, 0.1) is 18.8 Å². The Bertz CT molecular complexity index is 756. The smallest absolute Gasteiger partial charge is 0.309 e. The SMILES string of the molecule is CCc1cc(C)cc(CC)c1CC(=O)[C@@H]1CC2OC(C)(C)OC2C[C@H]1C(=O)OC. The Morgan fingerprint density at radius 2 is 1.55 bits per heavy atom.